The van der Waals surface area contributed by atoms with Crippen molar-refractivity contribution in [1.29, 1.82) is 0 Å². The molecule has 0 aliphatic heterocycles. The molecule has 0 saturated carbocycles. The summed E-state index contributed by atoms with van der Waals surface area (Å²) in [6.45, 7) is 0. The third-order valence-corrected chi connectivity index (χ3v) is 7.25. The average Bonchev–Trinajstić information content (AvgIpc) is 3.50. The van der Waals surface area contributed by atoms with Crippen LogP contribution in [0, 0.1) is 0 Å². The summed E-state index contributed by atoms with van der Waals surface area (Å²) in [5.74, 6) is 1.71. The number of fused-ring (bicyclic) bond motifs is 6. The molecule has 0 aliphatic rings. The lowest BCUT2D eigenvalue weighted by molar-refractivity contribution is 1.03. The van der Waals surface area contributed by atoms with E-state index in [0.717, 1.165) is 55.9 Å². The Kier molecular flexibility index (Phi) is 4.45. The van der Waals surface area contributed by atoms with Gasteiger partial charge in [-0.15, -0.1) is 0 Å². The third-order valence-electron chi connectivity index (χ3n) is 7.25. The van der Waals surface area contributed by atoms with Crippen LogP contribution in [-0.2, 0) is 0 Å². The minimum Gasteiger partial charge on any atom is -0.294 e. The molecule has 3 aromatic carbocycles. The monoisotopic (exact) mass is 487 g/mol. The van der Waals surface area contributed by atoms with Crippen molar-refractivity contribution in [2.45, 2.75) is 0 Å². The summed E-state index contributed by atoms with van der Waals surface area (Å²) in [5, 5.41) is 4.64. The largest absolute Gasteiger partial charge is 0.294 e. The lowest BCUT2D eigenvalue weighted by Gasteiger charge is -2.10. The van der Waals surface area contributed by atoms with Crippen LogP contribution >= 0.6 is 0 Å². The van der Waals surface area contributed by atoms with Crippen molar-refractivity contribution in [3.63, 3.8) is 0 Å². The van der Waals surface area contributed by atoms with E-state index < -0.39 is 0 Å². The molecule has 0 aliphatic carbocycles. The van der Waals surface area contributed by atoms with Gasteiger partial charge < -0.3 is 0 Å². The van der Waals surface area contributed by atoms with Gasteiger partial charge >= 0.3 is 0 Å². The van der Waals surface area contributed by atoms with Crippen LogP contribution in [0.5, 0.6) is 0 Å². The maximum Gasteiger partial charge on any atom is 0.149 e. The average molecular weight is 488 g/mol. The van der Waals surface area contributed by atoms with E-state index >= 15 is 0 Å². The molecule has 0 N–H and O–H groups in total. The van der Waals surface area contributed by atoms with E-state index in [2.05, 4.69) is 98.0 Å². The maximum atomic E-state index is 5.30. The molecule has 0 unspecified atom stereocenters. The van der Waals surface area contributed by atoms with Crippen molar-refractivity contribution in [2.75, 3.05) is 0 Å². The SMILES string of the molecule is c1ccc(-c2ccc3c4ccccc4n(-c4ccc5c6ccccc6n(-c6ccccn6)c5n4)c3c2)nc1. The van der Waals surface area contributed by atoms with E-state index in [-0.39, 0.29) is 0 Å². The van der Waals surface area contributed by atoms with E-state index in [4.69, 9.17) is 4.98 Å². The van der Waals surface area contributed by atoms with Crippen molar-refractivity contribution in [1.82, 2.24) is 24.1 Å². The van der Waals surface area contributed by atoms with Crippen molar-refractivity contribution >= 4 is 43.7 Å². The lowest BCUT2D eigenvalue weighted by Crippen LogP contribution is -2.01. The molecule has 0 saturated heterocycles. The zero-order valence-corrected chi connectivity index (χ0v) is 20.4. The number of pyridine rings is 3. The molecule has 38 heavy (non-hydrogen) atoms. The van der Waals surface area contributed by atoms with E-state index in [1.54, 1.807) is 0 Å². The van der Waals surface area contributed by atoms with E-state index in [0.29, 0.717) is 0 Å². The fourth-order valence-corrected chi connectivity index (χ4v) is 5.58. The Balaban J connectivity index is 1.46. The molecule has 0 bridgehead atoms. The van der Waals surface area contributed by atoms with Crippen LogP contribution in [0.15, 0.2) is 128 Å². The highest BCUT2D eigenvalue weighted by molar-refractivity contribution is 6.11. The van der Waals surface area contributed by atoms with Gasteiger partial charge in [0, 0.05) is 39.5 Å². The molecule has 5 nitrogen and oxygen atoms in total. The fraction of sp³-hybridized carbons (Fsp3) is 0. The number of hydrogen-bond donors (Lipinski definition) is 0. The highest BCUT2D eigenvalue weighted by Gasteiger charge is 2.18. The Bertz CT molecular complexity index is 2120. The number of para-hydroxylation sites is 2. The van der Waals surface area contributed by atoms with Gasteiger partial charge in [0.15, 0.2) is 0 Å². The van der Waals surface area contributed by atoms with Gasteiger partial charge in [0.2, 0.25) is 0 Å². The summed E-state index contributed by atoms with van der Waals surface area (Å²) in [6, 6.07) is 39.8. The highest BCUT2D eigenvalue weighted by Crippen LogP contribution is 2.36. The second-order valence-corrected chi connectivity index (χ2v) is 9.38. The Morgan fingerprint density at radius 1 is 0.447 bits per heavy atom. The maximum absolute atomic E-state index is 5.30. The van der Waals surface area contributed by atoms with Crippen molar-refractivity contribution in [3.05, 3.63) is 128 Å². The second kappa shape index (κ2) is 8.11. The second-order valence-electron chi connectivity index (χ2n) is 9.38. The van der Waals surface area contributed by atoms with Gasteiger partial charge in [0.05, 0.1) is 22.2 Å². The first-order valence-corrected chi connectivity index (χ1v) is 12.6. The standard InChI is InChI=1S/C33H21N5/c1-3-12-28-23(9-1)25-16-15-22(27-11-5-7-19-34-27)21-30(25)37(28)32-18-17-26-24-10-2-4-13-29(24)38(33(26)36-32)31-14-6-8-20-35-31/h1-21H. The van der Waals surface area contributed by atoms with Gasteiger partial charge in [-0.25, -0.2) is 9.97 Å². The molecule has 8 rings (SSSR count). The van der Waals surface area contributed by atoms with Crippen LogP contribution in [0.3, 0.4) is 0 Å². The van der Waals surface area contributed by atoms with Gasteiger partial charge in [-0.2, -0.15) is 0 Å². The van der Waals surface area contributed by atoms with Crippen LogP contribution < -0.4 is 0 Å². The first-order valence-electron chi connectivity index (χ1n) is 12.6. The lowest BCUT2D eigenvalue weighted by atomic mass is 10.1. The molecule has 5 heterocycles. The topological polar surface area (TPSA) is 48.5 Å². The zero-order valence-electron chi connectivity index (χ0n) is 20.4. The Labute approximate surface area is 218 Å². The quantitative estimate of drug-likeness (QED) is 0.256. The number of benzene rings is 3. The third kappa shape index (κ3) is 3.02. The van der Waals surface area contributed by atoms with Crippen LogP contribution in [0.4, 0.5) is 0 Å². The van der Waals surface area contributed by atoms with Crippen molar-refractivity contribution < 1.29 is 0 Å². The van der Waals surface area contributed by atoms with Crippen LogP contribution in [0.25, 0.3) is 66.6 Å². The normalized spacial score (nSPS) is 11.7. The summed E-state index contributed by atoms with van der Waals surface area (Å²) in [4.78, 5) is 14.6. The molecule has 8 aromatic rings. The highest BCUT2D eigenvalue weighted by atomic mass is 15.1. The van der Waals surface area contributed by atoms with E-state index in [1.165, 1.54) is 10.8 Å². The van der Waals surface area contributed by atoms with Gasteiger partial charge in [-0.3, -0.25) is 14.1 Å². The first-order chi connectivity index (χ1) is 18.9. The van der Waals surface area contributed by atoms with Crippen molar-refractivity contribution in [2.24, 2.45) is 0 Å². The Morgan fingerprint density at radius 3 is 1.87 bits per heavy atom. The van der Waals surface area contributed by atoms with Crippen LogP contribution in [0.1, 0.15) is 0 Å². The summed E-state index contributed by atoms with van der Waals surface area (Å²) in [5.41, 5.74) is 6.21. The molecule has 0 spiro atoms. The van der Waals surface area contributed by atoms with Crippen molar-refractivity contribution in [3.8, 4) is 22.9 Å². The van der Waals surface area contributed by atoms with Crippen LogP contribution in [-0.4, -0.2) is 24.1 Å². The minimum absolute atomic E-state index is 0.850. The molecule has 0 atom stereocenters. The smallest absolute Gasteiger partial charge is 0.149 e. The zero-order chi connectivity index (χ0) is 25.1. The first kappa shape index (κ1) is 20.9. The molecular formula is C33H21N5. The number of hydrogen-bond acceptors (Lipinski definition) is 3. The number of nitrogens with zero attached hydrogens (tertiary/aromatic N) is 5. The van der Waals surface area contributed by atoms with E-state index in [1.807, 2.05) is 48.8 Å². The molecule has 0 fully saturated rings. The molecule has 5 aromatic heterocycles. The summed E-state index contributed by atoms with van der Waals surface area (Å²) in [6.07, 6.45) is 3.66. The van der Waals surface area contributed by atoms with Gasteiger partial charge in [-0.1, -0.05) is 60.7 Å². The Morgan fingerprint density at radius 2 is 1.11 bits per heavy atom. The minimum atomic E-state index is 0.850. The molecule has 0 amide bonds. The van der Waals surface area contributed by atoms with Gasteiger partial charge in [0.25, 0.3) is 0 Å². The summed E-state index contributed by atoms with van der Waals surface area (Å²) >= 11 is 0. The molecule has 5 heteroatoms. The summed E-state index contributed by atoms with van der Waals surface area (Å²) < 4.78 is 4.42. The molecule has 0 radical (unpaired) electrons. The fourth-order valence-electron chi connectivity index (χ4n) is 5.58. The van der Waals surface area contributed by atoms with Crippen LogP contribution in [0.2, 0.25) is 0 Å². The van der Waals surface area contributed by atoms with Gasteiger partial charge in [0.1, 0.15) is 17.3 Å². The number of rotatable bonds is 3. The van der Waals surface area contributed by atoms with E-state index in [9.17, 15) is 0 Å². The molecule has 178 valence electrons. The number of aromatic nitrogens is 5. The Hall–Kier alpha value is -5.29. The predicted molar refractivity (Wildman–Crippen MR) is 154 cm³/mol. The summed E-state index contributed by atoms with van der Waals surface area (Å²) in [7, 11) is 0. The molecular weight excluding hydrogens is 466 g/mol. The van der Waals surface area contributed by atoms with Gasteiger partial charge in [-0.05, 0) is 54.6 Å². The predicted octanol–water partition coefficient (Wildman–Crippen LogP) is 7.73.